The van der Waals surface area contributed by atoms with E-state index in [9.17, 15) is 9.59 Å². The number of aliphatic hydroxyl groups excluding tert-OH is 1. The maximum absolute atomic E-state index is 12.1. The minimum atomic E-state index is -0.875. The van der Waals surface area contributed by atoms with E-state index < -0.39 is 6.09 Å². The first-order valence-electron chi connectivity index (χ1n) is 7.76. The number of carboxylic acid groups (broad SMARTS) is 1. The minimum Gasteiger partial charge on any atom is -0.465 e. The van der Waals surface area contributed by atoms with Crippen LogP contribution in [0.1, 0.15) is 28.8 Å². The molecule has 2 N–H and O–H groups in total. The van der Waals surface area contributed by atoms with E-state index in [1.807, 2.05) is 12.1 Å². The summed E-state index contributed by atoms with van der Waals surface area (Å²) in [4.78, 5) is 26.0. The molecule has 2 amide bonds. The summed E-state index contributed by atoms with van der Waals surface area (Å²) in [7, 11) is 1.65. The molecule has 0 aromatic heterocycles. The highest BCUT2D eigenvalue weighted by Gasteiger charge is 2.20. The third-order valence-electron chi connectivity index (χ3n) is 4.12. The Morgan fingerprint density at radius 2 is 1.71 bits per heavy atom. The van der Waals surface area contributed by atoms with Gasteiger partial charge in [-0.15, -0.1) is 0 Å². The van der Waals surface area contributed by atoms with E-state index in [4.69, 9.17) is 10.2 Å². The molecule has 1 heterocycles. The second-order valence-corrected chi connectivity index (χ2v) is 6.51. The molecule has 0 atom stereocenters. The number of piperidine rings is 1. The third-order valence-corrected chi connectivity index (χ3v) is 5.13. The number of halogens is 1. The van der Waals surface area contributed by atoms with Crippen molar-refractivity contribution in [2.45, 2.75) is 12.8 Å². The van der Waals surface area contributed by atoms with Crippen molar-refractivity contribution in [3.05, 3.63) is 41.0 Å². The van der Waals surface area contributed by atoms with E-state index in [1.54, 1.807) is 19.2 Å². The predicted molar refractivity (Wildman–Crippen MR) is 95.2 cm³/mol. The van der Waals surface area contributed by atoms with Gasteiger partial charge in [0.15, 0.2) is 0 Å². The van der Waals surface area contributed by atoms with Crippen molar-refractivity contribution >= 4 is 32.4 Å². The van der Waals surface area contributed by atoms with E-state index in [0.29, 0.717) is 38.0 Å². The molecule has 0 unspecified atom stereocenters. The van der Waals surface area contributed by atoms with Crippen LogP contribution in [-0.4, -0.2) is 65.3 Å². The molecule has 1 aliphatic rings. The van der Waals surface area contributed by atoms with Crippen LogP contribution in [0.2, 0.25) is 0 Å². The molecule has 1 saturated heterocycles. The summed E-state index contributed by atoms with van der Waals surface area (Å²) >= 11 is 3.61. The molecule has 24 heavy (non-hydrogen) atoms. The van der Waals surface area contributed by atoms with Gasteiger partial charge in [0, 0.05) is 36.7 Å². The Kier molecular flexibility index (Phi) is 6.39. The summed E-state index contributed by atoms with van der Waals surface area (Å²) in [6.45, 7) is 1.24. The number of rotatable bonds is 4. The minimum absolute atomic E-state index is 0.0642. The number of likely N-dealkylation sites (N-methyl/N-ethyl adjacent to an activating group) is 1. The fourth-order valence-corrected chi connectivity index (χ4v) is 3.28. The molecule has 1 aromatic carbocycles. The van der Waals surface area contributed by atoms with Gasteiger partial charge in [-0.05, 0) is 30.5 Å². The first kappa shape index (κ1) is 18.5. The number of hydrogen-bond acceptors (Lipinski definition) is 3. The van der Waals surface area contributed by atoms with Gasteiger partial charge in [0.2, 0.25) is 0 Å². The Bertz CT molecular complexity index is 632. The third kappa shape index (κ3) is 4.36. The Labute approximate surface area is 149 Å². The van der Waals surface area contributed by atoms with Gasteiger partial charge in [-0.2, -0.15) is 0 Å². The lowest BCUT2D eigenvalue weighted by molar-refractivity contribution is 0.0767. The maximum Gasteiger partial charge on any atom is 0.407 e. The average molecular weight is 397 g/mol. The summed E-state index contributed by atoms with van der Waals surface area (Å²) in [6.07, 6.45) is 0.527. The van der Waals surface area contributed by atoms with Gasteiger partial charge in [-0.1, -0.05) is 33.6 Å². The summed E-state index contributed by atoms with van der Waals surface area (Å²) in [5, 5.41) is 17.9. The van der Waals surface area contributed by atoms with Gasteiger partial charge < -0.3 is 20.0 Å². The summed E-state index contributed by atoms with van der Waals surface area (Å²) in [5.74, 6) is -0.130. The van der Waals surface area contributed by atoms with E-state index in [1.165, 1.54) is 15.4 Å². The fourth-order valence-electron chi connectivity index (χ4n) is 2.62. The molecule has 130 valence electrons. The van der Waals surface area contributed by atoms with Crippen LogP contribution in [0.5, 0.6) is 0 Å². The largest absolute Gasteiger partial charge is 0.465 e. The number of hydrogen-bond donors (Lipinski definition) is 2. The van der Waals surface area contributed by atoms with Crippen LogP contribution in [-0.2, 0) is 0 Å². The molecule has 0 saturated carbocycles. The van der Waals surface area contributed by atoms with Crippen molar-refractivity contribution < 1.29 is 19.8 Å². The van der Waals surface area contributed by atoms with Crippen LogP contribution in [0.15, 0.2) is 29.8 Å². The highest BCUT2D eigenvalue weighted by molar-refractivity contribution is 9.15. The standard InChI is InChI=1S/C17H21BrN2O4/c1-19(10-11-21)16(22)14-4-2-12(3-5-14)15(18)13-6-8-20(9-7-13)17(23)24/h2-5,21H,6-11H2,1H3,(H,23,24). The summed E-state index contributed by atoms with van der Waals surface area (Å²) < 4.78 is 0.968. The monoisotopic (exact) mass is 396 g/mol. The molecule has 1 aliphatic heterocycles. The van der Waals surface area contributed by atoms with Crippen molar-refractivity contribution in [1.29, 1.82) is 0 Å². The van der Waals surface area contributed by atoms with Crippen molar-refractivity contribution in [3.8, 4) is 0 Å². The van der Waals surface area contributed by atoms with Gasteiger partial charge in [0.25, 0.3) is 5.91 Å². The molecular formula is C17H21BrN2O4. The molecule has 0 radical (unpaired) electrons. The van der Waals surface area contributed by atoms with E-state index in [2.05, 4.69) is 15.9 Å². The van der Waals surface area contributed by atoms with Gasteiger partial charge in [-0.25, -0.2) is 4.79 Å². The van der Waals surface area contributed by atoms with Crippen molar-refractivity contribution in [2.24, 2.45) is 0 Å². The number of carbonyl (C=O) groups excluding carboxylic acids is 1. The second kappa shape index (κ2) is 8.30. The summed E-state index contributed by atoms with van der Waals surface area (Å²) in [6, 6.07) is 7.28. The molecule has 0 aliphatic carbocycles. The molecule has 1 aromatic rings. The van der Waals surface area contributed by atoms with Crippen LogP contribution in [0.25, 0.3) is 4.48 Å². The van der Waals surface area contributed by atoms with Gasteiger partial charge in [0.05, 0.1) is 6.61 Å². The fraction of sp³-hybridized carbons (Fsp3) is 0.412. The molecule has 0 spiro atoms. The Hall–Kier alpha value is -1.86. The first-order chi connectivity index (χ1) is 11.4. The number of aliphatic hydroxyl groups is 1. The average Bonchev–Trinajstić information content (AvgIpc) is 2.61. The van der Waals surface area contributed by atoms with Crippen LogP contribution >= 0.6 is 15.9 Å². The molecule has 6 nitrogen and oxygen atoms in total. The highest BCUT2D eigenvalue weighted by atomic mass is 79.9. The lowest BCUT2D eigenvalue weighted by Gasteiger charge is -2.26. The topological polar surface area (TPSA) is 81.1 Å². The smallest absolute Gasteiger partial charge is 0.407 e. The van der Waals surface area contributed by atoms with Crippen molar-refractivity contribution in [3.63, 3.8) is 0 Å². The number of likely N-dealkylation sites (tertiary alicyclic amines) is 1. The quantitative estimate of drug-likeness (QED) is 0.819. The molecular weight excluding hydrogens is 376 g/mol. The molecule has 1 fully saturated rings. The Balaban J connectivity index is 2.09. The Morgan fingerprint density at radius 1 is 1.17 bits per heavy atom. The molecule has 7 heteroatoms. The zero-order valence-electron chi connectivity index (χ0n) is 13.5. The van der Waals surface area contributed by atoms with Crippen LogP contribution < -0.4 is 0 Å². The second-order valence-electron chi connectivity index (χ2n) is 5.71. The van der Waals surface area contributed by atoms with E-state index in [0.717, 1.165) is 10.0 Å². The number of carbonyl (C=O) groups is 2. The molecule has 0 bridgehead atoms. The first-order valence-corrected chi connectivity index (χ1v) is 8.55. The van der Waals surface area contributed by atoms with Crippen LogP contribution in [0, 0.1) is 0 Å². The zero-order chi connectivity index (χ0) is 17.7. The van der Waals surface area contributed by atoms with Gasteiger partial charge in [0.1, 0.15) is 0 Å². The molecule has 2 rings (SSSR count). The number of amides is 2. The highest BCUT2D eigenvalue weighted by Crippen LogP contribution is 2.31. The maximum atomic E-state index is 12.1. The lowest BCUT2D eigenvalue weighted by atomic mass is 10.0. The van der Waals surface area contributed by atoms with Crippen molar-refractivity contribution in [1.82, 2.24) is 9.80 Å². The van der Waals surface area contributed by atoms with Crippen LogP contribution in [0.3, 0.4) is 0 Å². The van der Waals surface area contributed by atoms with Crippen molar-refractivity contribution in [2.75, 3.05) is 33.3 Å². The number of nitrogens with zero attached hydrogens (tertiary/aromatic N) is 2. The SMILES string of the molecule is CN(CCO)C(=O)c1ccc(C(Br)=C2CCN(C(=O)O)CC2)cc1. The zero-order valence-corrected chi connectivity index (χ0v) is 15.1. The van der Waals surface area contributed by atoms with E-state index >= 15 is 0 Å². The number of benzene rings is 1. The lowest BCUT2D eigenvalue weighted by Crippen LogP contribution is -2.35. The Morgan fingerprint density at radius 3 is 2.21 bits per heavy atom. The van der Waals surface area contributed by atoms with Gasteiger partial charge >= 0.3 is 6.09 Å². The van der Waals surface area contributed by atoms with E-state index in [-0.39, 0.29) is 12.5 Å². The van der Waals surface area contributed by atoms with Crippen LogP contribution in [0.4, 0.5) is 4.79 Å². The summed E-state index contributed by atoms with van der Waals surface area (Å²) in [5.41, 5.74) is 2.72. The normalized spacial score (nSPS) is 14.5. The van der Waals surface area contributed by atoms with Gasteiger partial charge in [-0.3, -0.25) is 4.79 Å². The predicted octanol–water partition coefficient (Wildman–Crippen LogP) is 2.63.